The molecule has 5 heteroatoms. The smallest absolute Gasteiger partial charge is 0.151 e. The molecule has 3 aromatic rings. The van der Waals surface area contributed by atoms with E-state index in [1.54, 1.807) is 19.1 Å². The fourth-order valence-electron chi connectivity index (χ4n) is 3.26. The second-order valence-corrected chi connectivity index (χ2v) is 7.16. The Bertz CT molecular complexity index is 1080. The number of aliphatic imine (C=N–C) groups is 1. The molecule has 1 unspecified atom stereocenters. The van der Waals surface area contributed by atoms with Gasteiger partial charge in [-0.25, -0.2) is 0 Å². The fourth-order valence-corrected chi connectivity index (χ4v) is 3.26. The predicted molar refractivity (Wildman–Crippen MR) is 156 cm³/mol. The lowest BCUT2D eigenvalue weighted by Crippen LogP contribution is -2.22. The molecule has 0 fully saturated rings. The molecular formula is C31H43N3O2. The first kappa shape index (κ1) is 32.1. The van der Waals surface area contributed by atoms with Crippen LogP contribution in [0.1, 0.15) is 65.2 Å². The summed E-state index contributed by atoms with van der Waals surface area (Å²) >= 11 is 0. The van der Waals surface area contributed by atoms with Gasteiger partial charge in [0.2, 0.25) is 0 Å². The van der Waals surface area contributed by atoms with Crippen molar-refractivity contribution in [1.29, 1.82) is 0 Å². The Morgan fingerprint density at radius 2 is 1.61 bits per heavy atom. The van der Waals surface area contributed by atoms with Crippen LogP contribution in [0.5, 0.6) is 5.75 Å². The molecule has 5 nitrogen and oxygen atoms in total. The van der Waals surface area contributed by atoms with E-state index >= 15 is 0 Å². The summed E-state index contributed by atoms with van der Waals surface area (Å²) in [5, 5.41) is 13.4. The molecule has 0 radical (unpaired) electrons. The highest BCUT2D eigenvalue weighted by Crippen LogP contribution is 2.32. The van der Waals surface area contributed by atoms with Crippen molar-refractivity contribution in [2.75, 3.05) is 0 Å². The van der Waals surface area contributed by atoms with Crippen LogP contribution < -0.4 is 11.1 Å². The van der Waals surface area contributed by atoms with Crippen LogP contribution in [0.15, 0.2) is 84.4 Å². The summed E-state index contributed by atoms with van der Waals surface area (Å²) in [5.41, 5.74) is 9.62. The molecular weight excluding hydrogens is 446 g/mol. The minimum Gasteiger partial charge on any atom is -0.508 e. The molecule has 4 N–H and O–H groups in total. The van der Waals surface area contributed by atoms with Gasteiger partial charge in [0.25, 0.3) is 0 Å². The summed E-state index contributed by atoms with van der Waals surface area (Å²) in [7, 11) is 0. The maximum absolute atomic E-state index is 11.7. The topological polar surface area (TPSA) is 87.7 Å². The third-order valence-electron chi connectivity index (χ3n) is 5.04. The van der Waals surface area contributed by atoms with Gasteiger partial charge in [0, 0.05) is 12.2 Å². The number of benzene rings is 3. The van der Waals surface area contributed by atoms with Crippen molar-refractivity contribution < 1.29 is 9.90 Å². The maximum Gasteiger partial charge on any atom is 0.151 e. The molecule has 0 heterocycles. The van der Waals surface area contributed by atoms with Gasteiger partial charge in [0.05, 0.1) is 6.34 Å². The average Bonchev–Trinajstić information content (AvgIpc) is 2.96. The van der Waals surface area contributed by atoms with Gasteiger partial charge < -0.3 is 21.0 Å². The van der Waals surface area contributed by atoms with Crippen LogP contribution in [0.25, 0.3) is 16.8 Å². The molecule has 3 aromatic carbocycles. The second-order valence-electron chi connectivity index (χ2n) is 7.16. The van der Waals surface area contributed by atoms with E-state index in [1.807, 2.05) is 102 Å². The van der Waals surface area contributed by atoms with Crippen molar-refractivity contribution in [3.05, 3.63) is 96.1 Å². The van der Waals surface area contributed by atoms with Gasteiger partial charge in [-0.2, -0.15) is 0 Å². The van der Waals surface area contributed by atoms with Gasteiger partial charge in [0.1, 0.15) is 11.3 Å². The maximum atomic E-state index is 11.7. The number of aromatic hydroxyl groups is 1. The first-order valence-electron chi connectivity index (χ1n) is 12.6. The molecule has 0 aliphatic heterocycles. The molecule has 1 atom stereocenters. The number of rotatable bonds is 8. The minimum absolute atomic E-state index is 0.166. The van der Waals surface area contributed by atoms with Crippen molar-refractivity contribution in [3.8, 4) is 16.9 Å². The van der Waals surface area contributed by atoms with Crippen LogP contribution in [-0.2, 0) is 16.9 Å². The highest BCUT2D eigenvalue weighted by atomic mass is 16.3. The van der Waals surface area contributed by atoms with Gasteiger partial charge in [-0.3, -0.25) is 4.99 Å². The van der Waals surface area contributed by atoms with Gasteiger partial charge in [-0.1, -0.05) is 103 Å². The molecule has 194 valence electrons. The number of phenolic OH excluding ortho intramolecular Hbond substituents is 1. The fraction of sp³-hybridized carbons (Fsp3) is 0.290. The predicted octanol–water partition coefficient (Wildman–Crippen LogP) is 7.30. The van der Waals surface area contributed by atoms with E-state index in [-0.39, 0.29) is 5.75 Å². The van der Waals surface area contributed by atoms with Crippen molar-refractivity contribution in [2.24, 2.45) is 10.7 Å². The normalized spacial score (nSPS) is 11.3. The van der Waals surface area contributed by atoms with Crippen molar-refractivity contribution >= 4 is 18.3 Å². The molecule has 0 bridgehead atoms. The number of hydrogen-bond acceptors (Lipinski definition) is 4. The molecule has 0 amide bonds. The SMILES string of the molecule is C=C(NCc1ccc(O)cc1-c1cccc(C(C)(C=O)N=CN)c1)c1ccccc1.CC.CC.CC. The minimum atomic E-state index is -1.07. The highest BCUT2D eigenvalue weighted by Gasteiger charge is 2.25. The van der Waals surface area contributed by atoms with Crippen LogP contribution in [0.2, 0.25) is 0 Å². The van der Waals surface area contributed by atoms with E-state index in [4.69, 9.17) is 5.73 Å². The number of nitrogens with one attached hydrogen (secondary N) is 1. The van der Waals surface area contributed by atoms with Crippen molar-refractivity contribution in [2.45, 2.75) is 60.5 Å². The number of hydrogen-bond donors (Lipinski definition) is 3. The molecule has 3 rings (SSSR count). The van der Waals surface area contributed by atoms with Gasteiger partial charge in [0.15, 0.2) is 6.29 Å². The lowest BCUT2D eigenvalue weighted by Gasteiger charge is -2.20. The number of carbonyl (C=O) groups excluding carboxylic acids is 1. The second kappa shape index (κ2) is 17.6. The van der Waals surface area contributed by atoms with Gasteiger partial charge >= 0.3 is 0 Å². The largest absolute Gasteiger partial charge is 0.508 e. The lowest BCUT2D eigenvalue weighted by molar-refractivity contribution is -0.111. The number of nitrogens with zero attached hydrogens (tertiary/aromatic N) is 1. The van der Waals surface area contributed by atoms with Crippen LogP contribution in [-0.4, -0.2) is 17.7 Å². The van der Waals surface area contributed by atoms with Crippen molar-refractivity contribution in [1.82, 2.24) is 5.32 Å². The Kier molecular flexibility index (Phi) is 15.7. The van der Waals surface area contributed by atoms with E-state index in [0.717, 1.165) is 40.6 Å². The number of phenols is 1. The monoisotopic (exact) mass is 489 g/mol. The molecule has 0 aliphatic carbocycles. The molecule has 0 spiro atoms. The zero-order valence-electron chi connectivity index (χ0n) is 22.9. The van der Waals surface area contributed by atoms with Crippen LogP contribution >= 0.6 is 0 Å². The van der Waals surface area contributed by atoms with Gasteiger partial charge in [-0.05, 0) is 52.9 Å². The number of carbonyl (C=O) groups is 1. The number of nitrogens with two attached hydrogens (primary N) is 1. The van der Waals surface area contributed by atoms with E-state index in [0.29, 0.717) is 12.1 Å². The summed E-state index contributed by atoms with van der Waals surface area (Å²) in [6.45, 7) is 18.3. The Hall–Kier alpha value is -3.86. The van der Waals surface area contributed by atoms with Gasteiger partial charge in [-0.15, -0.1) is 0 Å². The molecule has 36 heavy (non-hydrogen) atoms. The lowest BCUT2D eigenvalue weighted by atomic mass is 9.90. The molecule has 0 aromatic heterocycles. The summed E-state index contributed by atoms with van der Waals surface area (Å²) < 4.78 is 0. The summed E-state index contributed by atoms with van der Waals surface area (Å²) in [4.78, 5) is 15.8. The molecule has 0 saturated heterocycles. The Labute approximate surface area is 217 Å². The summed E-state index contributed by atoms with van der Waals surface area (Å²) in [6.07, 6.45) is 1.91. The third kappa shape index (κ3) is 9.06. The quantitative estimate of drug-likeness (QED) is 0.176. The summed E-state index contributed by atoms with van der Waals surface area (Å²) in [5.74, 6) is 0.166. The zero-order valence-corrected chi connectivity index (χ0v) is 22.9. The van der Waals surface area contributed by atoms with Crippen LogP contribution in [0.3, 0.4) is 0 Å². The van der Waals surface area contributed by atoms with Crippen molar-refractivity contribution in [3.63, 3.8) is 0 Å². The molecule has 0 saturated carbocycles. The average molecular weight is 490 g/mol. The highest BCUT2D eigenvalue weighted by molar-refractivity contribution is 5.75. The van der Waals surface area contributed by atoms with Crippen LogP contribution in [0.4, 0.5) is 0 Å². The van der Waals surface area contributed by atoms with E-state index in [1.165, 1.54) is 0 Å². The zero-order chi connectivity index (χ0) is 27.6. The van der Waals surface area contributed by atoms with E-state index in [9.17, 15) is 9.90 Å². The third-order valence-corrected chi connectivity index (χ3v) is 5.04. The van der Waals surface area contributed by atoms with E-state index < -0.39 is 5.54 Å². The molecule has 0 aliphatic rings. The Morgan fingerprint density at radius 3 is 2.19 bits per heavy atom. The first-order chi connectivity index (χ1) is 17.5. The van der Waals surface area contributed by atoms with E-state index in [2.05, 4.69) is 16.9 Å². The Balaban J connectivity index is 0.00000190. The van der Waals surface area contributed by atoms with Crippen LogP contribution in [0, 0.1) is 0 Å². The summed E-state index contributed by atoms with van der Waals surface area (Å²) in [6, 6.07) is 22.7. The Morgan fingerprint density at radius 1 is 0.972 bits per heavy atom. The standard InChI is InChI=1S/C25H25N3O2.3C2H6/c1-18(19-7-4-3-5-8-19)27-15-21-11-12-23(30)14-24(21)20-9-6-10-22(13-20)25(2,16-29)28-17-26;3*1-2/h3-14,16-17,27,30H,1,15H2,2H3,(H2,26,28);3*1-2H3. The number of aldehydes is 1. The first-order valence-corrected chi connectivity index (χ1v) is 12.6.